The molecule has 28 heavy (non-hydrogen) atoms. The summed E-state index contributed by atoms with van der Waals surface area (Å²) >= 11 is 0. The molecule has 2 N–H and O–H groups in total. The fourth-order valence-corrected chi connectivity index (χ4v) is 4.91. The Kier molecular flexibility index (Phi) is 11.5. The van der Waals surface area contributed by atoms with Crippen molar-refractivity contribution in [1.29, 1.82) is 0 Å². The summed E-state index contributed by atoms with van der Waals surface area (Å²) < 4.78 is 27.0. The molecule has 0 aromatic heterocycles. The van der Waals surface area contributed by atoms with Gasteiger partial charge in [-0.05, 0) is 56.6 Å². The third-order valence-corrected chi connectivity index (χ3v) is 6.76. The third-order valence-electron chi connectivity index (χ3n) is 4.85. The van der Waals surface area contributed by atoms with Crippen molar-refractivity contribution < 1.29 is 23.4 Å². The molecule has 0 saturated carbocycles. The number of rotatable bonds is 15. The van der Waals surface area contributed by atoms with Gasteiger partial charge < -0.3 is 10.2 Å². The van der Waals surface area contributed by atoms with Gasteiger partial charge in [0.25, 0.3) is 0 Å². The number of benzene rings is 1. The predicted molar refractivity (Wildman–Crippen MR) is 111 cm³/mol. The molecule has 0 bridgehead atoms. The minimum Gasteiger partial charge on any atom is -0.396 e. The van der Waals surface area contributed by atoms with E-state index in [2.05, 4.69) is 0 Å². The average molecular weight is 414 g/mol. The highest BCUT2D eigenvalue weighted by atomic mass is 32.2. The highest BCUT2D eigenvalue weighted by Crippen LogP contribution is 2.21. The molecule has 1 atom stereocenters. The number of aliphatic hydroxyl groups excluding tert-OH is 2. The van der Waals surface area contributed by atoms with E-state index in [4.69, 9.17) is 10.2 Å². The molecule has 0 amide bonds. The molecule has 0 spiro atoms. The maximum atomic E-state index is 12.8. The fourth-order valence-electron chi connectivity index (χ4n) is 3.29. The molecule has 0 fully saturated rings. The van der Waals surface area contributed by atoms with Gasteiger partial charge in [0.15, 0.2) is 5.78 Å². The molecular weight excluding hydrogens is 378 g/mol. The molecule has 0 aliphatic rings. The van der Waals surface area contributed by atoms with Crippen LogP contribution in [-0.4, -0.2) is 55.0 Å². The molecule has 160 valence electrons. The van der Waals surface area contributed by atoms with E-state index in [1.54, 1.807) is 12.1 Å². The first-order valence-corrected chi connectivity index (χ1v) is 11.7. The topological polar surface area (TPSA) is 94.9 Å². The van der Waals surface area contributed by atoms with E-state index in [-0.39, 0.29) is 29.8 Å². The van der Waals surface area contributed by atoms with Crippen LogP contribution in [-0.2, 0) is 10.0 Å². The van der Waals surface area contributed by atoms with Crippen molar-refractivity contribution >= 4 is 15.8 Å². The number of carbonyl (C=O) groups excluding carboxylic acids is 1. The zero-order valence-electron chi connectivity index (χ0n) is 17.1. The summed E-state index contributed by atoms with van der Waals surface area (Å²) in [5, 5.41) is 18.1. The van der Waals surface area contributed by atoms with E-state index in [9.17, 15) is 13.2 Å². The van der Waals surface area contributed by atoms with E-state index in [1.807, 2.05) is 13.8 Å². The van der Waals surface area contributed by atoms with Gasteiger partial charge in [-0.1, -0.05) is 26.0 Å². The predicted octanol–water partition coefficient (Wildman–Crippen LogP) is 3.23. The lowest BCUT2D eigenvalue weighted by atomic mass is 9.92. The van der Waals surface area contributed by atoms with Crippen molar-refractivity contribution in [3.05, 3.63) is 29.8 Å². The zero-order chi connectivity index (χ0) is 21.0. The number of hydrogen-bond acceptors (Lipinski definition) is 5. The molecule has 6 nitrogen and oxygen atoms in total. The van der Waals surface area contributed by atoms with Crippen LogP contribution in [0.3, 0.4) is 0 Å². The lowest BCUT2D eigenvalue weighted by Crippen LogP contribution is -2.32. The van der Waals surface area contributed by atoms with Crippen LogP contribution in [0, 0.1) is 5.92 Å². The van der Waals surface area contributed by atoms with E-state index in [0.717, 1.165) is 19.3 Å². The van der Waals surface area contributed by atoms with Crippen molar-refractivity contribution in [2.24, 2.45) is 5.92 Å². The molecule has 0 radical (unpaired) electrons. The highest BCUT2D eigenvalue weighted by molar-refractivity contribution is 7.89. The minimum absolute atomic E-state index is 0.0325. The van der Waals surface area contributed by atoms with Crippen molar-refractivity contribution in [3.8, 4) is 0 Å². The Morgan fingerprint density at radius 1 is 0.964 bits per heavy atom. The molecule has 1 rings (SSSR count). The molecule has 0 heterocycles. The Morgan fingerprint density at radius 2 is 1.57 bits per heavy atom. The second-order valence-electron chi connectivity index (χ2n) is 7.13. The van der Waals surface area contributed by atoms with Crippen molar-refractivity contribution in [3.63, 3.8) is 0 Å². The van der Waals surface area contributed by atoms with Crippen LogP contribution >= 0.6 is 0 Å². The maximum Gasteiger partial charge on any atom is 0.243 e. The largest absolute Gasteiger partial charge is 0.396 e. The van der Waals surface area contributed by atoms with Gasteiger partial charge in [0, 0.05) is 38.3 Å². The van der Waals surface area contributed by atoms with Gasteiger partial charge in [0.1, 0.15) is 0 Å². The first kappa shape index (κ1) is 24.8. The first-order chi connectivity index (χ1) is 13.4. The van der Waals surface area contributed by atoms with Gasteiger partial charge in [-0.2, -0.15) is 4.31 Å². The number of Topliss-reactive ketones (excluding diaryl/α,β-unsaturated/α-hetero) is 1. The second kappa shape index (κ2) is 13.0. The third kappa shape index (κ3) is 7.62. The smallest absolute Gasteiger partial charge is 0.243 e. The van der Waals surface area contributed by atoms with Crippen LogP contribution < -0.4 is 0 Å². The molecule has 1 aromatic carbocycles. The Bertz CT molecular complexity index is 667. The summed E-state index contributed by atoms with van der Waals surface area (Å²) in [4.78, 5) is 12.7. The molecule has 7 heteroatoms. The first-order valence-electron chi connectivity index (χ1n) is 10.3. The van der Waals surface area contributed by atoms with Gasteiger partial charge in [-0.25, -0.2) is 8.42 Å². The number of aliphatic hydroxyl groups is 2. The van der Waals surface area contributed by atoms with Crippen molar-refractivity contribution in [1.82, 2.24) is 4.31 Å². The van der Waals surface area contributed by atoms with Crippen LogP contribution in [0.25, 0.3) is 0 Å². The number of ketones is 1. The number of carbonyl (C=O) groups is 1. The van der Waals surface area contributed by atoms with Crippen LogP contribution in [0.1, 0.15) is 69.2 Å². The summed E-state index contributed by atoms with van der Waals surface area (Å²) in [7, 11) is -3.54. The van der Waals surface area contributed by atoms with E-state index < -0.39 is 10.0 Å². The van der Waals surface area contributed by atoms with Crippen molar-refractivity contribution in [2.45, 2.75) is 63.7 Å². The van der Waals surface area contributed by atoms with Crippen LogP contribution in [0.2, 0.25) is 0 Å². The van der Waals surface area contributed by atoms with Crippen LogP contribution in [0.5, 0.6) is 0 Å². The Labute approximate surface area is 169 Å². The second-order valence-corrected chi connectivity index (χ2v) is 9.07. The van der Waals surface area contributed by atoms with Crippen LogP contribution in [0.15, 0.2) is 29.2 Å². The van der Waals surface area contributed by atoms with Gasteiger partial charge in [-0.3, -0.25) is 4.79 Å². The van der Waals surface area contributed by atoms with Crippen molar-refractivity contribution in [2.75, 3.05) is 26.3 Å². The normalized spacial score (nSPS) is 13.0. The van der Waals surface area contributed by atoms with Gasteiger partial charge >= 0.3 is 0 Å². The maximum absolute atomic E-state index is 12.8. The van der Waals surface area contributed by atoms with E-state index in [0.29, 0.717) is 44.3 Å². The van der Waals surface area contributed by atoms with E-state index in [1.165, 1.54) is 16.4 Å². The van der Waals surface area contributed by atoms with E-state index >= 15 is 0 Å². The number of hydrogen-bond donors (Lipinski definition) is 2. The Balaban J connectivity index is 2.78. The monoisotopic (exact) mass is 413 g/mol. The molecule has 0 aliphatic heterocycles. The zero-order valence-corrected chi connectivity index (χ0v) is 18.0. The number of nitrogens with zero attached hydrogens (tertiary/aromatic N) is 1. The summed E-state index contributed by atoms with van der Waals surface area (Å²) in [6.45, 7) is 5.05. The standard InChI is InChI=1S/C21H35NO5S/c1-3-14-22(15-4-2)28(26,27)20-10-8-19(9-11-20)21(25)12-7-18(13-17-24)6-5-16-23/h8-11,18,23-24H,3-7,12-17H2,1-2H3. The van der Waals surface area contributed by atoms with Gasteiger partial charge in [-0.15, -0.1) is 0 Å². The summed E-state index contributed by atoms with van der Waals surface area (Å²) in [6.07, 6.45) is 4.57. The molecule has 0 saturated heterocycles. The SMILES string of the molecule is CCCN(CCC)S(=O)(=O)c1ccc(C(=O)CCC(CCO)CCCO)cc1. The summed E-state index contributed by atoms with van der Waals surface area (Å²) in [5.74, 6) is 0.173. The molecule has 1 aromatic rings. The molecule has 0 aliphatic carbocycles. The highest BCUT2D eigenvalue weighted by Gasteiger charge is 2.23. The Hall–Kier alpha value is -1.28. The summed E-state index contributed by atoms with van der Waals surface area (Å²) in [5.41, 5.74) is 0.501. The fraction of sp³-hybridized carbons (Fsp3) is 0.667. The summed E-state index contributed by atoms with van der Waals surface area (Å²) in [6, 6.07) is 6.19. The Morgan fingerprint density at radius 3 is 2.07 bits per heavy atom. The van der Waals surface area contributed by atoms with Gasteiger partial charge in [0.2, 0.25) is 10.0 Å². The average Bonchev–Trinajstić information content (AvgIpc) is 2.69. The lowest BCUT2D eigenvalue weighted by molar-refractivity contribution is 0.0968. The number of sulfonamides is 1. The van der Waals surface area contributed by atoms with Crippen LogP contribution in [0.4, 0.5) is 0 Å². The quantitative estimate of drug-likeness (QED) is 0.431. The molecular formula is C21H35NO5S. The lowest BCUT2D eigenvalue weighted by Gasteiger charge is -2.21. The minimum atomic E-state index is -3.54. The molecule has 1 unspecified atom stereocenters. The van der Waals surface area contributed by atoms with Gasteiger partial charge in [0.05, 0.1) is 4.90 Å².